The summed E-state index contributed by atoms with van der Waals surface area (Å²) in [5, 5.41) is 7.67. The standard InChI is InChI=1S/C29H28N4OS/c1-21-7-3-5-9-27(21)30-23-11-15-25(16-12-23)32-19-34-20-33(29(32)35)26-17-13-24(14-18-26)31-28-10-6-4-8-22(28)2/h3-18,30-31H,19-20H2,1-2H3. The Morgan fingerprint density at radius 1 is 0.600 bits per heavy atom. The molecule has 5 rings (SSSR count). The molecular formula is C29H28N4OS. The molecule has 35 heavy (non-hydrogen) atoms. The summed E-state index contributed by atoms with van der Waals surface area (Å²) in [6.07, 6.45) is 0. The molecule has 0 unspecified atom stereocenters. The molecule has 0 amide bonds. The van der Waals surface area contributed by atoms with Gasteiger partial charge in [0.1, 0.15) is 13.5 Å². The molecule has 1 aliphatic heterocycles. The molecule has 1 saturated heterocycles. The molecule has 0 saturated carbocycles. The van der Waals surface area contributed by atoms with Crippen LogP contribution in [0.3, 0.4) is 0 Å². The molecule has 4 aromatic carbocycles. The zero-order valence-corrected chi connectivity index (χ0v) is 20.7. The smallest absolute Gasteiger partial charge is 0.184 e. The first-order valence-corrected chi connectivity index (χ1v) is 12.0. The predicted octanol–water partition coefficient (Wildman–Crippen LogP) is 7.33. The topological polar surface area (TPSA) is 39.8 Å². The van der Waals surface area contributed by atoms with Crippen LogP contribution in [0.4, 0.5) is 34.1 Å². The summed E-state index contributed by atoms with van der Waals surface area (Å²) in [7, 11) is 0. The van der Waals surface area contributed by atoms with Crippen molar-refractivity contribution in [3.8, 4) is 0 Å². The van der Waals surface area contributed by atoms with Crippen molar-refractivity contribution in [2.75, 3.05) is 33.9 Å². The molecule has 1 fully saturated rings. The second kappa shape index (κ2) is 10.2. The van der Waals surface area contributed by atoms with Gasteiger partial charge in [-0.05, 0) is 97.9 Å². The first-order chi connectivity index (χ1) is 17.1. The minimum atomic E-state index is 0.423. The highest BCUT2D eigenvalue weighted by atomic mass is 32.1. The number of benzene rings is 4. The van der Waals surface area contributed by atoms with Gasteiger partial charge in [-0.1, -0.05) is 36.4 Å². The Bertz CT molecular complexity index is 1220. The normalized spacial score (nSPS) is 13.6. The maximum atomic E-state index is 5.89. The summed E-state index contributed by atoms with van der Waals surface area (Å²) in [5.41, 5.74) is 8.66. The molecule has 0 bridgehead atoms. The van der Waals surface area contributed by atoms with Gasteiger partial charge in [0.2, 0.25) is 0 Å². The number of nitrogens with zero attached hydrogens (tertiary/aromatic N) is 2. The number of hydrogen-bond acceptors (Lipinski definition) is 4. The molecule has 0 spiro atoms. The molecule has 1 heterocycles. The van der Waals surface area contributed by atoms with Crippen LogP contribution in [-0.2, 0) is 4.74 Å². The monoisotopic (exact) mass is 480 g/mol. The molecule has 0 aromatic heterocycles. The second-order valence-electron chi connectivity index (χ2n) is 8.57. The lowest BCUT2D eigenvalue weighted by Crippen LogP contribution is -2.50. The summed E-state index contributed by atoms with van der Waals surface area (Å²) >= 11 is 5.86. The minimum Gasteiger partial charge on any atom is -0.355 e. The fourth-order valence-electron chi connectivity index (χ4n) is 4.04. The average molecular weight is 481 g/mol. The van der Waals surface area contributed by atoms with E-state index in [9.17, 15) is 0 Å². The van der Waals surface area contributed by atoms with E-state index in [1.807, 2.05) is 34.1 Å². The van der Waals surface area contributed by atoms with Crippen LogP contribution in [0.2, 0.25) is 0 Å². The van der Waals surface area contributed by atoms with Crippen LogP contribution in [0.1, 0.15) is 11.1 Å². The maximum Gasteiger partial charge on any atom is 0.184 e. The van der Waals surface area contributed by atoms with Crippen molar-refractivity contribution in [3.05, 3.63) is 108 Å². The number of rotatable bonds is 6. The molecule has 6 heteroatoms. The lowest BCUT2D eigenvalue weighted by Gasteiger charge is -2.38. The SMILES string of the molecule is Cc1ccccc1Nc1ccc(N2COCN(c3ccc(Nc4ccccc4C)cc3)C2=S)cc1. The van der Waals surface area contributed by atoms with E-state index in [2.05, 4.69) is 97.3 Å². The molecule has 0 aliphatic carbocycles. The van der Waals surface area contributed by atoms with E-state index >= 15 is 0 Å². The van der Waals surface area contributed by atoms with E-state index < -0.39 is 0 Å². The number of nitrogens with one attached hydrogen (secondary N) is 2. The van der Waals surface area contributed by atoms with Crippen molar-refractivity contribution in [2.24, 2.45) is 0 Å². The predicted molar refractivity (Wildman–Crippen MR) is 150 cm³/mol. The number of anilines is 6. The minimum absolute atomic E-state index is 0.423. The quantitative estimate of drug-likeness (QED) is 0.282. The van der Waals surface area contributed by atoms with E-state index in [0.29, 0.717) is 13.5 Å². The molecule has 4 aromatic rings. The van der Waals surface area contributed by atoms with Crippen LogP contribution in [0.5, 0.6) is 0 Å². The number of para-hydroxylation sites is 2. The zero-order valence-electron chi connectivity index (χ0n) is 19.9. The van der Waals surface area contributed by atoms with Gasteiger partial charge in [-0.2, -0.15) is 0 Å². The third-order valence-electron chi connectivity index (χ3n) is 6.11. The lowest BCUT2D eigenvalue weighted by atomic mass is 10.2. The highest BCUT2D eigenvalue weighted by Crippen LogP contribution is 2.28. The average Bonchev–Trinajstić information content (AvgIpc) is 2.88. The highest BCUT2D eigenvalue weighted by molar-refractivity contribution is 7.80. The Balaban J connectivity index is 1.28. The fourth-order valence-corrected chi connectivity index (χ4v) is 4.35. The number of hydrogen-bond donors (Lipinski definition) is 2. The van der Waals surface area contributed by atoms with Gasteiger partial charge in [-0.25, -0.2) is 0 Å². The summed E-state index contributed by atoms with van der Waals surface area (Å²) in [4.78, 5) is 4.02. The second-order valence-corrected chi connectivity index (χ2v) is 8.94. The van der Waals surface area contributed by atoms with Gasteiger partial charge < -0.3 is 15.4 Å². The molecule has 176 valence electrons. The number of thiocarbonyl (C=S) groups is 1. The van der Waals surface area contributed by atoms with Gasteiger partial charge in [0.15, 0.2) is 5.11 Å². The third-order valence-corrected chi connectivity index (χ3v) is 6.55. The molecule has 0 radical (unpaired) electrons. The summed E-state index contributed by atoms with van der Waals surface area (Å²) in [6.45, 7) is 5.04. The first-order valence-electron chi connectivity index (χ1n) is 11.6. The van der Waals surface area contributed by atoms with Crippen molar-refractivity contribution >= 4 is 51.5 Å². The Hall–Kier alpha value is -3.87. The van der Waals surface area contributed by atoms with Crippen molar-refractivity contribution < 1.29 is 4.74 Å². The van der Waals surface area contributed by atoms with Crippen LogP contribution in [0.25, 0.3) is 0 Å². The molecule has 0 atom stereocenters. The Morgan fingerprint density at radius 3 is 1.40 bits per heavy atom. The zero-order chi connectivity index (χ0) is 24.2. The van der Waals surface area contributed by atoms with E-state index in [-0.39, 0.29) is 0 Å². The third kappa shape index (κ3) is 5.14. The van der Waals surface area contributed by atoms with E-state index in [1.54, 1.807) is 0 Å². The lowest BCUT2D eigenvalue weighted by molar-refractivity contribution is 0.138. The summed E-state index contributed by atoms with van der Waals surface area (Å²) in [5.74, 6) is 0. The largest absolute Gasteiger partial charge is 0.355 e. The van der Waals surface area contributed by atoms with Gasteiger partial charge in [0.25, 0.3) is 0 Å². The van der Waals surface area contributed by atoms with Crippen molar-refractivity contribution in [2.45, 2.75) is 13.8 Å². The molecule has 1 aliphatic rings. The van der Waals surface area contributed by atoms with Crippen molar-refractivity contribution in [1.82, 2.24) is 0 Å². The van der Waals surface area contributed by atoms with Gasteiger partial charge >= 0.3 is 0 Å². The Morgan fingerprint density at radius 2 is 1.00 bits per heavy atom. The molecule has 5 nitrogen and oxygen atoms in total. The van der Waals surface area contributed by atoms with Crippen LogP contribution in [0.15, 0.2) is 97.1 Å². The molecule has 2 N–H and O–H groups in total. The van der Waals surface area contributed by atoms with Gasteiger partial charge in [0, 0.05) is 34.1 Å². The van der Waals surface area contributed by atoms with E-state index in [4.69, 9.17) is 17.0 Å². The Labute approximate surface area is 212 Å². The van der Waals surface area contributed by atoms with Crippen molar-refractivity contribution in [3.63, 3.8) is 0 Å². The summed E-state index contributed by atoms with van der Waals surface area (Å²) < 4.78 is 5.89. The van der Waals surface area contributed by atoms with Crippen LogP contribution >= 0.6 is 12.2 Å². The molecular weight excluding hydrogens is 452 g/mol. The highest BCUT2D eigenvalue weighted by Gasteiger charge is 2.25. The van der Waals surface area contributed by atoms with Crippen LogP contribution in [0, 0.1) is 13.8 Å². The number of ether oxygens (including phenoxy) is 1. The first kappa shape index (κ1) is 22.9. The van der Waals surface area contributed by atoms with Crippen LogP contribution < -0.4 is 20.4 Å². The number of aryl methyl sites for hydroxylation is 2. The fraction of sp³-hybridized carbons (Fsp3) is 0.138. The van der Waals surface area contributed by atoms with E-state index in [1.165, 1.54) is 11.1 Å². The van der Waals surface area contributed by atoms with Crippen molar-refractivity contribution in [1.29, 1.82) is 0 Å². The Kier molecular flexibility index (Phi) is 6.66. The van der Waals surface area contributed by atoms with Gasteiger partial charge in [-0.3, -0.25) is 9.80 Å². The van der Waals surface area contributed by atoms with Gasteiger partial charge in [-0.15, -0.1) is 0 Å². The van der Waals surface area contributed by atoms with Gasteiger partial charge in [0.05, 0.1) is 0 Å². The van der Waals surface area contributed by atoms with E-state index in [0.717, 1.165) is 39.2 Å². The van der Waals surface area contributed by atoms with Crippen LogP contribution in [-0.4, -0.2) is 18.6 Å². The summed E-state index contributed by atoms with van der Waals surface area (Å²) in [6, 6.07) is 33.0. The maximum absolute atomic E-state index is 5.89.